The lowest BCUT2D eigenvalue weighted by molar-refractivity contribution is -0.150. The number of fused-ring (bicyclic) bond motifs is 1. The number of alkyl halides is 2. The highest BCUT2D eigenvalue weighted by Gasteiger charge is 2.50. The molecule has 248 valence electrons. The number of carbonyl (C=O) groups excluding carboxylic acids is 3. The Kier molecular flexibility index (Phi) is 9.44. The van der Waals surface area contributed by atoms with Crippen molar-refractivity contribution in [3.63, 3.8) is 0 Å². The summed E-state index contributed by atoms with van der Waals surface area (Å²) in [5.41, 5.74) is 1.15. The lowest BCUT2D eigenvalue weighted by atomic mass is 9.85. The number of hydrogen-bond acceptors (Lipinski definition) is 7. The number of rotatable bonds is 7. The fourth-order valence-electron chi connectivity index (χ4n) is 5.80. The molecular formula is C31H37F2N4O7PS. The number of nitrogens with one attached hydrogen (secondary N) is 1. The minimum absolute atomic E-state index is 0.111. The van der Waals surface area contributed by atoms with Crippen molar-refractivity contribution < 1.29 is 42.3 Å². The third-order valence-corrected chi connectivity index (χ3v) is 10.4. The highest BCUT2D eigenvalue weighted by atomic mass is 32.1. The van der Waals surface area contributed by atoms with Gasteiger partial charge in [0.25, 0.3) is 5.91 Å². The van der Waals surface area contributed by atoms with Crippen LogP contribution in [0.2, 0.25) is 0 Å². The first kappa shape index (κ1) is 34.1. The van der Waals surface area contributed by atoms with Crippen LogP contribution in [0.4, 0.5) is 8.78 Å². The Morgan fingerprint density at radius 2 is 1.78 bits per heavy atom. The van der Waals surface area contributed by atoms with Gasteiger partial charge in [-0.15, -0.1) is 11.3 Å². The van der Waals surface area contributed by atoms with Gasteiger partial charge in [-0.1, -0.05) is 57.2 Å². The van der Waals surface area contributed by atoms with E-state index < -0.39 is 54.2 Å². The number of likely N-dealkylation sites (tertiary alicyclic amines) is 1. The highest BCUT2D eigenvalue weighted by molar-refractivity contribution is 7.52. The standard InChI is InChI=1S/C31H37F2N4O7PS/c1-30(2,3)26(35-27(38)25-14-19-13-20(9-10-24(19)46-25)31(32,33)45(41,42)43)29(40)37-16-21(34)15-22(37)28(39)36-11-12-44-23(17-36)18-7-5-4-6-8-18/h4-10,13-14,21-23,26H,11-12,15-17,34H2,1-3H3,(H,35,38)(H2,41,42,43)/t21-,22-,23-,26+/m0/s1. The smallest absolute Gasteiger partial charge is 0.370 e. The van der Waals surface area contributed by atoms with Gasteiger partial charge in [0.05, 0.1) is 18.0 Å². The summed E-state index contributed by atoms with van der Waals surface area (Å²) >= 11 is 0.983. The molecule has 0 spiro atoms. The number of thiophene rings is 1. The fourth-order valence-corrected chi connectivity index (χ4v) is 7.22. The summed E-state index contributed by atoms with van der Waals surface area (Å²) in [6.45, 7) is 6.48. The summed E-state index contributed by atoms with van der Waals surface area (Å²) in [5, 5.41) is 2.97. The van der Waals surface area contributed by atoms with E-state index in [0.29, 0.717) is 24.4 Å². The Morgan fingerprint density at radius 1 is 1.09 bits per heavy atom. The van der Waals surface area contributed by atoms with Gasteiger partial charge in [0.2, 0.25) is 11.8 Å². The van der Waals surface area contributed by atoms with Crippen molar-refractivity contribution in [3.8, 4) is 0 Å². The van der Waals surface area contributed by atoms with Crippen LogP contribution < -0.4 is 11.1 Å². The zero-order valence-electron chi connectivity index (χ0n) is 25.6. The van der Waals surface area contributed by atoms with Crippen LogP contribution in [-0.4, -0.2) is 81.7 Å². The molecule has 0 saturated carbocycles. The van der Waals surface area contributed by atoms with Crippen molar-refractivity contribution in [3.05, 3.63) is 70.6 Å². The second kappa shape index (κ2) is 12.7. The summed E-state index contributed by atoms with van der Waals surface area (Å²) in [4.78, 5) is 62.9. The monoisotopic (exact) mass is 678 g/mol. The molecule has 15 heteroatoms. The van der Waals surface area contributed by atoms with E-state index in [1.54, 1.807) is 25.7 Å². The lowest BCUT2D eigenvalue weighted by Gasteiger charge is -2.38. The van der Waals surface area contributed by atoms with Crippen LogP contribution in [0.1, 0.15) is 54.1 Å². The molecule has 3 heterocycles. The Bertz CT molecular complexity index is 1680. The first-order valence-corrected chi connectivity index (χ1v) is 17.2. The van der Waals surface area contributed by atoms with Crippen molar-refractivity contribution in [2.24, 2.45) is 11.1 Å². The molecule has 3 amide bonds. The third kappa shape index (κ3) is 6.87. The van der Waals surface area contributed by atoms with Crippen LogP contribution in [0, 0.1) is 5.41 Å². The molecule has 0 unspecified atom stereocenters. The van der Waals surface area contributed by atoms with Crippen molar-refractivity contribution in [1.29, 1.82) is 0 Å². The number of amides is 3. The molecule has 2 saturated heterocycles. The molecule has 0 bridgehead atoms. The van der Waals surface area contributed by atoms with Gasteiger partial charge in [0.15, 0.2) is 0 Å². The Morgan fingerprint density at radius 3 is 2.43 bits per heavy atom. The topological polar surface area (TPSA) is 162 Å². The summed E-state index contributed by atoms with van der Waals surface area (Å²) < 4.78 is 46.3. The predicted molar refractivity (Wildman–Crippen MR) is 168 cm³/mol. The third-order valence-electron chi connectivity index (χ3n) is 8.29. The number of benzene rings is 2. The molecular weight excluding hydrogens is 641 g/mol. The van der Waals surface area contributed by atoms with E-state index in [0.717, 1.165) is 29.0 Å². The average Bonchev–Trinajstić information content (AvgIpc) is 3.61. The van der Waals surface area contributed by atoms with Crippen molar-refractivity contribution in [1.82, 2.24) is 15.1 Å². The van der Waals surface area contributed by atoms with Gasteiger partial charge >= 0.3 is 13.3 Å². The van der Waals surface area contributed by atoms with E-state index in [1.165, 1.54) is 17.0 Å². The SMILES string of the molecule is CC(C)(C)[C@H](NC(=O)c1cc2cc(C(F)(F)P(=O)(O)O)ccc2s1)C(=O)N1C[C@@H](N)C[C@H]1C(=O)N1CCO[C@H](c2ccccc2)C1. The van der Waals surface area contributed by atoms with E-state index in [9.17, 15) is 27.7 Å². The van der Waals surface area contributed by atoms with Gasteiger partial charge in [-0.25, -0.2) is 0 Å². The number of hydrogen-bond donors (Lipinski definition) is 4. The zero-order chi connectivity index (χ0) is 33.6. The molecule has 46 heavy (non-hydrogen) atoms. The number of carbonyl (C=O) groups is 3. The van der Waals surface area contributed by atoms with E-state index in [4.69, 9.17) is 20.3 Å². The second-order valence-corrected chi connectivity index (χ2v) is 15.5. The van der Waals surface area contributed by atoms with Crippen molar-refractivity contribution >= 4 is 46.7 Å². The van der Waals surface area contributed by atoms with E-state index in [2.05, 4.69) is 5.32 Å². The molecule has 4 atom stereocenters. The molecule has 2 aliphatic rings. The summed E-state index contributed by atoms with van der Waals surface area (Å²) in [6.07, 6.45) is -0.0409. The maximum Gasteiger partial charge on any atom is 0.399 e. The first-order valence-electron chi connectivity index (χ1n) is 14.8. The Hall–Kier alpha value is -3.26. The predicted octanol–water partition coefficient (Wildman–Crippen LogP) is 3.80. The number of ether oxygens (including phenoxy) is 1. The van der Waals surface area contributed by atoms with Gasteiger partial charge in [0, 0.05) is 29.4 Å². The van der Waals surface area contributed by atoms with E-state index >= 15 is 0 Å². The Balaban J connectivity index is 1.35. The molecule has 11 nitrogen and oxygen atoms in total. The second-order valence-electron chi connectivity index (χ2n) is 12.8. The lowest BCUT2D eigenvalue weighted by Crippen LogP contribution is -2.58. The van der Waals surface area contributed by atoms with Gasteiger partial charge in [-0.05, 0) is 41.0 Å². The number of nitrogens with two attached hydrogens (primary N) is 1. The minimum Gasteiger partial charge on any atom is -0.370 e. The maximum absolute atomic E-state index is 14.3. The summed E-state index contributed by atoms with van der Waals surface area (Å²) in [6, 6.07) is 11.7. The summed E-state index contributed by atoms with van der Waals surface area (Å²) in [7, 11) is -5.78. The van der Waals surface area contributed by atoms with Gasteiger partial charge < -0.3 is 35.4 Å². The van der Waals surface area contributed by atoms with Crippen LogP contribution in [0.3, 0.4) is 0 Å². The largest absolute Gasteiger partial charge is 0.399 e. The van der Waals surface area contributed by atoms with Crippen molar-refractivity contribution in [2.75, 3.05) is 26.2 Å². The zero-order valence-corrected chi connectivity index (χ0v) is 27.3. The minimum atomic E-state index is -5.78. The molecule has 5 rings (SSSR count). The molecule has 5 N–H and O–H groups in total. The van der Waals surface area contributed by atoms with Crippen LogP contribution in [-0.2, 0) is 24.6 Å². The fraction of sp³-hybridized carbons (Fsp3) is 0.452. The molecule has 2 aromatic carbocycles. The summed E-state index contributed by atoms with van der Waals surface area (Å²) in [5.74, 6) is -1.34. The van der Waals surface area contributed by atoms with Crippen LogP contribution in [0.15, 0.2) is 54.6 Å². The maximum atomic E-state index is 14.3. The van der Waals surface area contributed by atoms with Crippen molar-refractivity contribution in [2.45, 2.75) is 57.1 Å². The van der Waals surface area contributed by atoms with Crippen LogP contribution in [0.25, 0.3) is 10.1 Å². The normalized spacial score (nSPS) is 21.8. The van der Waals surface area contributed by atoms with Gasteiger partial charge in [-0.2, -0.15) is 8.78 Å². The highest BCUT2D eigenvalue weighted by Crippen LogP contribution is 2.59. The van der Waals surface area contributed by atoms with E-state index in [1.807, 2.05) is 30.3 Å². The number of morpholine rings is 1. The van der Waals surface area contributed by atoms with E-state index in [-0.39, 0.29) is 35.2 Å². The molecule has 3 aromatic rings. The molecule has 2 fully saturated rings. The average molecular weight is 679 g/mol. The Labute approximate surface area is 268 Å². The van der Waals surface area contributed by atoms with Crippen LogP contribution >= 0.6 is 18.9 Å². The van der Waals surface area contributed by atoms with Crippen LogP contribution in [0.5, 0.6) is 0 Å². The quantitative estimate of drug-likeness (QED) is 0.275. The first-order chi connectivity index (χ1) is 21.5. The number of halogens is 2. The molecule has 0 aliphatic carbocycles. The number of nitrogens with zero attached hydrogens (tertiary/aromatic N) is 2. The molecule has 0 radical (unpaired) electrons. The van der Waals surface area contributed by atoms with Gasteiger partial charge in [0.1, 0.15) is 18.2 Å². The molecule has 2 aliphatic heterocycles. The molecule has 1 aromatic heterocycles. The van der Waals surface area contributed by atoms with Gasteiger partial charge in [-0.3, -0.25) is 18.9 Å².